The first-order valence-electron chi connectivity index (χ1n) is 9.77. The third kappa shape index (κ3) is 4.12. The Kier molecular flexibility index (Phi) is 6.17. The van der Waals surface area contributed by atoms with Gasteiger partial charge in [0.2, 0.25) is 0 Å². The number of halogens is 1. The summed E-state index contributed by atoms with van der Waals surface area (Å²) in [5.41, 5.74) is 12.1. The zero-order valence-corrected chi connectivity index (χ0v) is 19.2. The van der Waals surface area contributed by atoms with Gasteiger partial charge in [0.15, 0.2) is 5.65 Å². The highest BCUT2D eigenvalue weighted by Crippen LogP contribution is 2.30. The van der Waals surface area contributed by atoms with Gasteiger partial charge in [-0.3, -0.25) is 9.11 Å². The summed E-state index contributed by atoms with van der Waals surface area (Å²) in [6.07, 6.45) is 5.70. The lowest BCUT2D eigenvalue weighted by atomic mass is 10.0. The first-order valence-corrected chi connectivity index (χ1v) is 12.0. The second kappa shape index (κ2) is 8.83. The summed E-state index contributed by atoms with van der Waals surface area (Å²) in [5, 5.41) is 4.47. The van der Waals surface area contributed by atoms with Crippen LogP contribution >= 0.6 is 15.9 Å². The average molecular weight is 486 g/mol. The van der Waals surface area contributed by atoms with Crippen LogP contribution in [0, 0.1) is 6.92 Å². The van der Waals surface area contributed by atoms with Gasteiger partial charge in [-0.25, -0.2) is 4.98 Å². The molecule has 0 radical (unpaired) electrons. The highest BCUT2D eigenvalue weighted by molar-refractivity contribution is 9.10. The summed E-state index contributed by atoms with van der Waals surface area (Å²) in [6, 6.07) is 8.21. The number of aromatic nitrogens is 3. The lowest BCUT2D eigenvalue weighted by molar-refractivity contribution is 0.287. The number of fused-ring (bicyclic) bond motifs is 1. The summed E-state index contributed by atoms with van der Waals surface area (Å²) < 4.78 is 14.1. The van der Waals surface area contributed by atoms with E-state index in [1.165, 1.54) is 5.56 Å². The lowest BCUT2D eigenvalue weighted by Crippen LogP contribution is -2.37. The number of nitrogens with two attached hydrogens (primary N) is 1. The molecule has 3 heterocycles. The van der Waals surface area contributed by atoms with E-state index in [1.54, 1.807) is 10.7 Å². The van der Waals surface area contributed by atoms with Crippen molar-refractivity contribution in [1.82, 2.24) is 19.5 Å². The molecule has 0 saturated carbocycles. The van der Waals surface area contributed by atoms with Gasteiger partial charge in [0.25, 0.3) is 0 Å². The molecule has 1 fully saturated rings. The van der Waals surface area contributed by atoms with Gasteiger partial charge in [0.05, 0.1) is 16.4 Å². The zero-order valence-electron chi connectivity index (χ0n) is 16.8. The second-order valence-electron chi connectivity index (χ2n) is 7.34. The van der Waals surface area contributed by atoms with Crippen LogP contribution in [0.1, 0.15) is 22.4 Å². The van der Waals surface area contributed by atoms with Crippen LogP contribution in [-0.4, -0.2) is 48.3 Å². The molecule has 1 aliphatic rings. The summed E-state index contributed by atoms with van der Waals surface area (Å²) in [5.74, 6) is 1.92. The summed E-state index contributed by atoms with van der Waals surface area (Å²) in [7, 11) is -0.708. The highest BCUT2D eigenvalue weighted by Gasteiger charge is 2.21. The van der Waals surface area contributed by atoms with Gasteiger partial charge in [0, 0.05) is 47.5 Å². The molecule has 0 spiro atoms. The molecule has 3 aromatic rings. The number of aryl methyl sites for hydroxylation is 1. The first-order chi connectivity index (χ1) is 14.5. The molecule has 0 amide bonds. The Morgan fingerprint density at radius 2 is 2.07 bits per heavy atom. The highest BCUT2D eigenvalue weighted by atomic mass is 79.9. The van der Waals surface area contributed by atoms with Crippen LogP contribution in [0.15, 0.2) is 47.6 Å². The maximum atomic E-state index is 11.7. The molecule has 1 aliphatic heterocycles. The molecule has 0 atom stereocenters. The Morgan fingerprint density at radius 1 is 1.33 bits per heavy atom. The molecule has 6 nitrogen and oxygen atoms in total. The van der Waals surface area contributed by atoms with Crippen LogP contribution in [0.25, 0.3) is 17.3 Å². The minimum absolute atomic E-state index is 0.515. The Balaban J connectivity index is 1.76. The van der Waals surface area contributed by atoms with E-state index in [4.69, 9.17) is 10.7 Å². The predicted molar refractivity (Wildman–Crippen MR) is 127 cm³/mol. The smallest absolute Gasteiger partial charge is 0.165 e. The standard InChI is InChI=1S/C22H24BrN5OS/c1-3-16(12-17-7-5-4-6-15(17)2)18-13-25-28-21(24)20(23)19(26-22(18)28)14-27-8-10-30(29)11-9-27/h3-7,12-13H,1,8-11,14,24H2,2H3/b16-12+. The van der Waals surface area contributed by atoms with E-state index in [0.29, 0.717) is 29.5 Å². The molecule has 0 bridgehead atoms. The van der Waals surface area contributed by atoms with Crippen LogP contribution in [0.4, 0.5) is 5.82 Å². The molecule has 2 aromatic heterocycles. The maximum absolute atomic E-state index is 11.7. The quantitative estimate of drug-likeness (QED) is 0.557. The summed E-state index contributed by atoms with van der Waals surface area (Å²) >= 11 is 3.60. The fraction of sp³-hybridized carbons (Fsp3) is 0.273. The van der Waals surface area contributed by atoms with Crippen molar-refractivity contribution in [3.8, 4) is 0 Å². The Morgan fingerprint density at radius 3 is 2.77 bits per heavy atom. The fourth-order valence-electron chi connectivity index (χ4n) is 3.56. The number of allylic oxidation sites excluding steroid dienone is 2. The van der Waals surface area contributed by atoms with Crippen LogP contribution in [0.3, 0.4) is 0 Å². The van der Waals surface area contributed by atoms with Crippen LogP contribution < -0.4 is 5.73 Å². The predicted octanol–water partition coefficient (Wildman–Crippen LogP) is 3.67. The van der Waals surface area contributed by atoms with E-state index in [0.717, 1.165) is 40.0 Å². The largest absolute Gasteiger partial charge is 0.383 e. The van der Waals surface area contributed by atoms with Crippen molar-refractivity contribution in [2.24, 2.45) is 0 Å². The molecule has 30 heavy (non-hydrogen) atoms. The van der Waals surface area contributed by atoms with Gasteiger partial charge in [-0.05, 0) is 45.6 Å². The number of anilines is 1. The van der Waals surface area contributed by atoms with E-state index in [2.05, 4.69) is 57.6 Å². The van der Waals surface area contributed by atoms with Crippen molar-refractivity contribution in [1.29, 1.82) is 0 Å². The second-order valence-corrected chi connectivity index (χ2v) is 9.83. The SMILES string of the molecule is C=C/C(=C\c1ccccc1C)c1cnn2c(N)c(Br)c(CN3CCS(=O)CC3)nc12. The van der Waals surface area contributed by atoms with E-state index >= 15 is 0 Å². The third-order valence-corrected chi connectivity index (χ3v) is 7.51. The van der Waals surface area contributed by atoms with Crippen LogP contribution in [0.2, 0.25) is 0 Å². The Bertz CT molecular complexity index is 1160. The molecule has 156 valence electrons. The molecule has 0 aliphatic carbocycles. The topological polar surface area (TPSA) is 76.5 Å². The van der Waals surface area contributed by atoms with Crippen molar-refractivity contribution < 1.29 is 4.21 Å². The molecule has 8 heteroatoms. The van der Waals surface area contributed by atoms with E-state index in [9.17, 15) is 4.21 Å². The monoisotopic (exact) mass is 485 g/mol. The maximum Gasteiger partial charge on any atom is 0.165 e. The molecular weight excluding hydrogens is 462 g/mol. The van der Waals surface area contributed by atoms with Gasteiger partial charge < -0.3 is 5.73 Å². The third-order valence-electron chi connectivity index (χ3n) is 5.37. The number of rotatable bonds is 5. The van der Waals surface area contributed by atoms with E-state index < -0.39 is 10.8 Å². The summed E-state index contributed by atoms with van der Waals surface area (Å²) in [4.78, 5) is 7.17. The van der Waals surface area contributed by atoms with Gasteiger partial charge >= 0.3 is 0 Å². The molecule has 1 saturated heterocycles. The number of nitrogens with zero attached hydrogens (tertiary/aromatic N) is 4. The molecule has 1 aromatic carbocycles. The van der Waals surface area contributed by atoms with Crippen molar-refractivity contribution >= 4 is 49.8 Å². The minimum atomic E-state index is -0.708. The van der Waals surface area contributed by atoms with Crippen molar-refractivity contribution in [2.75, 3.05) is 30.3 Å². The van der Waals surface area contributed by atoms with Gasteiger partial charge in [-0.2, -0.15) is 9.61 Å². The summed E-state index contributed by atoms with van der Waals surface area (Å²) in [6.45, 7) is 8.32. The first kappa shape index (κ1) is 21.0. The van der Waals surface area contributed by atoms with Crippen molar-refractivity contribution in [3.63, 3.8) is 0 Å². The van der Waals surface area contributed by atoms with Crippen LogP contribution in [-0.2, 0) is 17.3 Å². The molecule has 4 rings (SSSR count). The number of hydrogen-bond acceptors (Lipinski definition) is 5. The lowest BCUT2D eigenvalue weighted by Gasteiger charge is -2.26. The number of benzene rings is 1. The average Bonchev–Trinajstić information content (AvgIpc) is 3.16. The Hall–Kier alpha value is -2.29. The normalized spacial score (nSPS) is 16.3. The van der Waals surface area contributed by atoms with Crippen molar-refractivity contribution in [2.45, 2.75) is 13.5 Å². The van der Waals surface area contributed by atoms with Gasteiger partial charge in [-0.15, -0.1) is 0 Å². The zero-order chi connectivity index (χ0) is 21.3. The van der Waals surface area contributed by atoms with E-state index in [-0.39, 0.29) is 0 Å². The Labute approximate surface area is 187 Å². The van der Waals surface area contributed by atoms with Gasteiger partial charge in [-0.1, -0.05) is 36.9 Å². The number of hydrogen-bond donors (Lipinski definition) is 1. The van der Waals surface area contributed by atoms with Crippen molar-refractivity contribution in [3.05, 3.63) is 70.0 Å². The van der Waals surface area contributed by atoms with Gasteiger partial charge in [0.1, 0.15) is 5.82 Å². The van der Waals surface area contributed by atoms with E-state index in [1.807, 2.05) is 18.2 Å². The molecular formula is C22H24BrN5OS. The molecule has 2 N–H and O–H groups in total. The number of nitrogen functional groups attached to an aromatic ring is 1. The minimum Gasteiger partial charge on any atom is -0.383 e. The molecule has 0 unspecified atom stereocenters. The van der Waals surface area contributed by atoms with Crippen LogP contribution in [0.5, 0.6) is 0 Å². The fourth-order valence-corrected chi connectivity index (χ4v) is 5.07.